The summed E-state index contributed by atoms with van der Waals surface area (Å²) in [7, 11) is 0. The van der Waals surface area contributed by atoms with Gasteiger partial charge in [-0.1, -0.05) is 5.16 Å². The van der Waals surface area contributed by atoms with Crippen LogP contribution >= 0.6 is 0 Å². The van der Waals surface area contributed by atoms with Crippen LogP contribution in [0.25, 0.3) is 5.65 Å². The van der Waals surface area contributed by atoms with E-state index < -0.39 is 23.4 Å². The van der Waals surface area contributed by atoms with Gasteiger partial charge in [0.05, 0.1) is 0 Å². The van der Waals surface area contributed by atoms with Gasteiger partial charge in [0.2, 0.25) is 5.71 Å². The molecule has 2 heterocycles. The van der Waals surface area contributed by atoms with Crippen LogP contribution in [0, 0.1) is 12.7 Å². The smallest absolute Gasteiger partial charge is 0.410 e. The number of hydrogen-bond acceptors (Lipinski definition) is 3. The fraction of sp³-hybridized carbons (Fsp3) is 0.200. The Bertz CT molecular complexity index is 630. The molecule has 2 aromatic rings. The Morgan fingerprint density at radius 2 is 2.06 bits per heavy atom. The molecule has 1 N–H and O–H groups in total. The van der Waals surface area contributed by atoms with Gasteiger partial charge < -0.3 is 9.61 Å². The fourth-order valence-corrected chi connectivity index (χ4v) is 1.60. The number of aromatic nitrogens is 2. The van der Waals surface area contributed by atoms with Crippen LogP contribution in [0.5, 0.6) is 0 Å². The summed E-state index contributed by atoms with van der Waals surface area (Å²) in [6.45, 7) is 1.33. The molecule has 0 aliphatic carbocycles. The van der Waals surface area contributed by atoms with Gasteiger partial charge >= 0.3 is 6.18 Å². The van der Waals surface area contributed by atoms with Gasteiger partial charge in [-0.25, -0.2) is 9.37 Å². The van der Waals surface area contributed by atoms with Crippen LogP contribution in [0.2, 0.25) is 0 Å². The maximum atomic E-state index is 13.0. The Balaban J connectivity index is 2.69. The Hall–Kier alpha value is -2.12. The topological polar surface area (TPSA) is 49.9 Å². The van der Waals surface area contributed by atoms with Gasteiger partial charge in [-0.2, -0.15) is 13.2 Å². The lowest BCUT2D eigenvalue weighted by molar-refractivity contribution is -0.0603. The highest BCUT2D eigenvalue weighted by Crippen LogP contribution is 2.24. The van der Waals surface area contributed by atoms with Crippen LogP contribution in [0.1, 0.15) is 11.4 Å². The minimum absolute atomic E-state index is 0.0367. The van der Waals surface area contributed by atoms with Gasteiger partial charge in [0, 0.05) is 11.9 Å². The van der Waals surface area contributed by atoms with Crippen LogP contribution in [-0.4, -0.2) is 26.5 Å². The van der Waals surface area contributed by atoms with Gasteiger partial charge in [0.1, 0.15) is 17.2 Å². The van der Waals surface area contributed by atoms with Crippen molar-refractivity contribution in [3.8, 4) is 0 Å². The number of oxime groups is 1. The second kappa shape index (κ2) is 3.97. The second-order valence-corrected chi connectivity index (χ2v) is 3.57. The molecule has 4 nitrogen and oxygen atoms in total. The molecule has 0 unspecified atom stereocenters. The quantitative estimate of drug-likeness (QED) is 0.371. The van der Waals surface area contributed by atoms with Gasteiger partial charge in [-0.05, 0) is 19.1 Å². The lowest BCUT2D eigenvalue weighted by Gasteiger charge is -2.06. The lowest BCUT2D eigenvalue weighted by Crippen LogP contribution is -2.25. The van der Waals surface area contributed by atoms with Crippen molar-refractivity contribution in [2.45, 2.75) is 13.1 Å². The van der Waals surface area contributed by atoms with Gasteiger partial charge in [-0.15, -0.1) is 0 Å². The zero-order valence-electron chi connectivity index (χ0n) is 9.03. The van der Waals surface area contributed by atoms with Crippen molar-refractivity contribution < 1.29 is 22.8 Å². The zero-order chi connectivity index (χ0) is 13.5. The van der Waals surface area contributed by atoms with Crippen molar-refractivity contribution in [3.63, 3.8) is 0 Å². The summed E-state index contributed by atoms with van der Waals surface area (Å²) in [5.41, 5.74) is -1.87. The third-order valence-electron chi connectivity index (χ3n) is 2.41. The fourth-order valence-electron chi connectivity index (χ4n) is 1.60. The lowest BCUT2D eigenvalue weighted by atomic mass is 10.2. The van der Waals surface area contributed by atoms with E-state index in [0.717, 1.165) is 16.7 Å². The molecule has 0 atom stereocenters. The number of nitrogens with zero attached hydrogens (tertiary/aromatic N) is 3. The molecule has 0 fully saturated rings. The predicted molar refractivity (Wildman–Crippen MR) is 54.3 cm³/mol. The van der Waals surface area contributed by atoms with E-state index in [2.05, 4.69) is 10.1 Å². The molecule has 0 saturated carbocycles. The van der Waals surface area contributed by atoms with E-state index in [4.69, 9.17) is 5.21 Å². The third kappa shape index (κ3) is 1.89. The Labute approximate surface area is 98.2 Å². The molecule has 2 rings (SSSR count). The first kappa shape index (κ1) is 12.3. The minimum Gasteiger partial charge on any atom is -0.410 e. The van der Waals surface area contributed by atoms with Gasteiger partial charge in [-0.3, -0.25) is 0 Å². The molecule has 0 spiro atoms. The molecule has 0 radical (unpaired) electrons. The summed E-state index contributed by atoms with van der Waals surface area (Å²) in [6.07, 6.45) is -3.83. The number of pyridine rings is 1. The molecule has 0 aliphatic heterocycles. The molecule has 0 aliphatic rings. The molecule has 8 heteroatoms. The Morgan fingerprint density at radius 1 is 1.39 bits per heavy atom. The summed E-state index contributed by atoms with van der Waals surface area (Å²) in [4.78, 5) is 3.68. The van der Waals surface area contributed by atoms with E-state index in [1.54, 1.807) is 0 Å². The highest BCUT2D eigenvalue weighted by molar-refractivity contribution is 6.04. The molecular formula is C10H7F4N3O. The normalized spacial score (nSPS) is 13.3. The van der Waals surface area contributed by atoms with Gasteiger partial charge in [0.25, 0.3) is 0 Å². The van der Waals surface area contributed by atoms with Crippen molar-refractivity contribution in [1.29, 1.82) is 0 Å². The molecule has 96 valence electrons. The van der Waals surface area contributed by atoms with Crippen molar-refractivity contribution in [1.82, 2.24) is 9.38 Å². The SMILES string of the molecule is Cc1c(/C(=N\O)C(F)(F)F)nc2ccc(F)cn12. The first-order valence-corrected chi connectivity index (χ1v) is 4.78. The molecule has 0 aromatic carbocycles. The molecule has 0 bridgehead atoms. The van der Waals surface area contributed by atoms with Crippen molar-refractivity contribution in [2.75, 3.05) is 0 Å². The second-order valence-electron chi connectivity index (χ2n) is 3.57. The van der Waals surface area contributed by atoms with E-state index in [-0.39, 0.29) is 11.3 Å². The molecule has 0 amide bonds. The standard InChI is InChI=1S/C10H7F4N3O/c1-5-8(9(16-18)10(12,13)14)15-7-3-2-6(11)4-17(5)7/h2-4,18H,1H3/b16-9+. The van der Waals surface area contributed by atoms with Crippen LogP contribution in [0.15, 0.2) is 23.5 Å². The largest absolute Gasteiger partial charge is 0.438 e. The first-order chi connectivity index (χ1) is 8.34. The Morgan fingerprint density at radius 3 is 2.61 bits per heavy atom. The van der Waals surface area contributed by atoms with Crippen LogP contribution in [-0.2, 0) is 0 Å². The van der Waals surface area contributed by atoms with Crippen LogP contribution < -0.4 is 0 Å². The number of fused-ring (bicyclic) bond motifs is 1. The number of imidazole rings is 1. The predicted octanol–water partition coefficient (Wildman–Crippen LogP) is 2.52. The highest BCUT2D eigenvalue weighted by Gasteiger charge is 2.40. The van der Waals surface area contributed by atoms with Crippen LogP contribution in [0.3, 0.4) is 0 Å². The first-order valence-electron chi connectivity index (χ1n) is 4.78. The summed E-state index contributed by atoms with van der Waals surface area (Å²) in [6, 6.07) is 2.31. The maximum Gasteiger partial charge on any atom is 0.438 e. The third-order valence-corrected chi connectivity index (χ3v) is 2.41. The minimum atomic E-state index is -4.84. The Kier molecular flexibility index (Phi) is 2.72. The summed E-state index contributed by atoms with van der Waals surface area (Å²) < 4.78 is 51.9. The zero-order valence-corrected chi connectivity index (χ0v) is 9.03. The molecule has 2 aromatic heterocycles. The molecule has 0 saturated heterocycles. The van der Waals surface area contributed by atoms with Crippen LogP contribution in [0.4, 0.5) is 17.6 Å². The number of halogens is 4. The monoisotopic (exact) mass is 261 g/mol. The van der Waals surface area contributed by atoms with Gasteiger partial charge in [0.15, 0.2) is 0 Å². The number of hydrogen-bond donors (Lipinski definition) is 1. The van der Waals surface area contributed by atoms with E-state index in [1.807, 2.05) is 0 Å². The molecule has 18 heavy (non-hydrogen) atoms. The van der Waals surface area contributed by atoms with E-state index in [0.29, 0.717) is 0 Å². The average molecular weight is 261 g/mol. The number of aryl methyl sites for hydroxylation is 1. The van der Waals surface area contributed by atoms with E-state index >= 15 is 0 Å². The molecular weight excluding hydrogens is 254 g/mol. The van der Waals surface area contributed by atoms with Crippen molar-refractivity contribution in [2.24, 2.45) is 5.16 Å². The maximum absolute atomic E-state index is 13.0. The van der Waals surface area contributed by atoms with Crippen molar-refractivity contribution >= 4 is 11.4 Å². The number of alkyl halides is 3. The van der Waals surface area contributed by atoms with Crippen molar-refractivity contribution in [3.05, 3.63) is 35.5 Å². The summed E-state index contributed by atoms with van der Waals surface area (Å²) >= 11 is 0. The van der Waals surface area contributed by atoms with E-state index in [9.17, 15) is 17.6 Å². The summed E-state index contributed by atoms with van der Waals surface area (Å²) in [5, 5.41) is 10.7. The highest BCUT2D eigenvalue weighted by atomic mass is 19.4. The summed E-state index contributed by atoms with van der Waals surface area (Å²) in [5.74, 6) is -0.607. The van der Waals surface area contributed by atoms with E-state index in [1.165, 1.54) is 13.0 Å². The average Bonchev–Trinajstić information content (AvgIpc) is 2.56. The number of rotatable bonds is 1.